The Morgan fingerprint density at radius 2 is 2.00 bits per heavy atom. The number of sulfonamides is 1. The van der Waals surface area contributed by atoms with Crippen LogP contribution < -0.4 is 20.9 Å². The molecule has 0 amide bonds. The lowest BCUT2D eigenvalue weighted by atomic mass is 9.92. The Kier molecular flexibility index (Phi) is 7.15. The molecule has 0 saturated heterocycles. The minimum absolute atomic E-state index is 0.0386. The van der Waals surface area contributed by atoms with E-state index in [4.69, 9.17) is 4.52 Å². The summed E-state index contributed by atoms with van der Waals surface area (Å²) in [6.45, 7) is 6.62. The number of fused-ring (bicyclic) bond motifs is 1. The van der Waals surface area contributed by atoms with Crippen LogP contribution in [0.3, 0.4) is 0 Å². The van der Waals surface area contributed by atoms with Crippen LogP contribution in [0, 0.1) is 5.41 Å². The lowest BCUT2D eigenvalue weighted by Gasteiger charge is -2.26. The Morgan fingerprint density at radius 3 is 2.59 bits per heavy atom. The van der Waals surface area contributed by atoms with Crippen molar-refractivity contribution in [3.05, 3.63) is 57.1 Å². The number of nitrogens with zero attached hydrogens (tertiary/aromatic N) is 2. The van der Waals surface area contributed by atoms with E-state index >= 15 is 0 Å². The zero-order valence-corrected chi connectivity index (χ0v) is 23.6. The first-order chi connectivity index (χ1) is 17.2. The van der Waals surface area contributed by atoms with E-state index < -0.39 is 23.1 Å². The molecule has 2 aromatic heterocycles. The number of aryl methyl sites for hydroxylation is 1. The molecule has 0 saturated carbocycles. The fourth-order valence-electron chi connectivity index (χ4n) is 3.86. The Hall–Kier alpha value is -2.92. The van der Waals surface area contributed by atoms with Gasteiger partial charge in [0.2, 0.25) is 10.0 Å². The molecule has 1 aliphatic heterocycles. The zero-order valence-electron chi connectivity index (χ0n) is 21.1. The molecule has 13 heteroatoms. The summed E-state index contributed by atoms with van der Waals surface area (Å²) in [4.78, 5) is 13.6. The van der Waals surface area contributed by atoms with E-state index in [0.29, 0.717) is 24.2 Å². The highest BCUT2D eigenvalue weighted by Crippen LogP contribution is 2.52. The highest BCUT2D eigenvalue weighted by atomic mass is 32.2. The molecule has 37 heavy (non-hydrogen) atoms. The number of nitrogens with one attached hydrogen (secondary N) is 2. The van der Waals surface area contributed by atoms with Crippen LogP contribution in [0.2, 0.25) is 0 Å². The number of anilines is 2. The molecule has 0 radical (unpaired) electrons. The molecule has 1 aliphatic rings. The van der Waals surface area contributed by atoms with Crippen molar-refractivity contribution in [3.8, 4) is 16.9 Å². The lowest BCUT2D eigenvalue weighted by Crippen LogP contribution is -2.34. The Labute approximate surface area is 219 Å². The summed E-state index contributed by atoms with van der Waals surface area (Å²) in [6.07, 6.45) is 3.34. The Bertz CT molecular complexity index is 1590. The molecule has 0 aliphatic carbocycles. The van der Waals surface area contributed by atoms with Crippen molar-refractivity contribution in [1.29, 1.82) is 0 Å². The minimum atomic E-state index is -3.94. The normalized spacial score (nSPS) is 17.6. The summed E-state index contributed by atoms with van der Waals surface area (Å²) in [5, 5.41) is 18.1. The van der Waals surface area contributed by atoms with Gasteiger partial charge < -0.3 is 19.5 Å². The Balaban J connectivity index is 1.89. The van der Waals surface area contributed by atoms with Gasteiger partial charge in [-0.1, -0.05) is 20.8 Å². The topological polar surface area (TPSA) is 139 Å². The van der Waals surface area contributed by atoms with E-state index in [2.05, 4.69) is 35.6 Å². The van der Waals surface area contributed by atoms with Gasteiger partial charge in [-0.2, -0.15) is 16.1 Å². The van der Waals surface area contributed by atoms with Gasteiger partial charge in [-0.3, -0.25) is 14.1 Å². The summed E-state index contributed by atoms with van der Waals surface area (Å²) in [5.74, 6) is -0.381. The first-order valence-electron chi connectivity index (χ1n) is 11.4. The van der Waals surface area contributed by atoms with Crippen LogP contribution in [-0.2, 0) is 25.7 Å². The van der Waals surface area contributed by atoms with Crippen molar-refractivity contribution in [2.75, 3.05) is 23.4 Å². The number of thiophene rings is 1. The highest BCUT2D eigenvalue weighted by Gasteiger charge is 2.35. The Morgan fingerprint density at radius 1 is 1.27 bits per heavy atom. The second kappa shape index (κ2) is 9.75. The molecule has 1 aromatic carbocycles. The molecule has 3 heterocycles. The average molecular weight is 565 g/mol. The van der Waals surface area contributed by atoms with Crippen LogP contribution in [0.5, 0.6) is 5.75 Å². The van der Waals surface area contributed by atoms with E-state index in [1.165, 1.54) is 41.2 Å². The van der Waals surface area contributed by atoms with Crippen molar-refractivity contribution in [1.82, 2.24) is 4.57 Å². The maximum Gasteiger partial charge on any atom is 0.348 e. The second-order valence-corrected chi connectivity index (χ2v) is 14.6. The van der Waals surface area contributed by atoms with Crippen molar-refractivity contribution < 1.29 is 22.6 Å². The largest absolute Gasteiger partial charge is 0.506 e. The van der Waals surface area contributed by atoms with Crippen molar-refractivity contribution >= 4 is 51.4 Å². The number of pyridine rings is 1. The van der Waals surface area contributed by atoms with E-state index in [9.17, 15) is 22.9 Å². The van der Waals surface area contributed by atoms with E-state index in [-0.39, 0.29) is 33.6 Å². The van der Waals surface area contributed by atoms with Crippen LogP contribution in [0.4, 0.5) is 11.4 Å². The molecule has 1 atom stereocenters. The van der Waals surface area contributed by atoms with Crippen molar-refractivity contribution in [3.63, 3.8) is 0 Å². The van der Waals surface area contributed by atoms with Gasteiger partial charge in [0, 0.05) is 31.1 Å². The zero-order chi connectivity index (χ0) is 27.2. The van der Waals surface area contributed by atoms with Gasteiger partial charge in [-0.05, 0) is 52.4 Å². The fraction of sp³-hybridized carbons (Fsp3) is 0.333. The fourth-order valence-corrected chi connectivity index (χ4v) is 6.61. The summed E-state index contributed by atoms with van der Waals surface area (Å²) in [6, 6.07) is 6.21. The van der Waals surface area contributed by atoms with Crippen LogP contribution in [-0.4, -0.2) is 37.3 Å². The third-order valence-electron chi connectivity index (χ3n) is 5.76. The van der Waals surface area contributed by atoms with Crippen LogP contribution in [0.25, 0.3) is 11.1 Å². The highest BCUT2D eigenvalue weighted by molar-refractivity contribution is 7.92. The lowest BCUT2D eigenvalue weighted by molar-refractivity contribution is 0.347. The number of amidine groups is 1. The van der Waals surface area contributed by atoms with Gasteiger partial charge in [-0.15, -0.1) is 0 Å². The van der Waals surface area contributed by atoms with Crippen LogP contribution in [0.15, 0.2) is 50.8 Å². The minimum Gasteiger partial charge on any atom is -0.506 e. The van der Waals surface area contributed by atoms with Crippen LogP contribution >= 0.6 is 18.9 Å². The molecule has 10 nitrogen and oxygen atoms in total. The molecule has 0 bridgehead atoms. The van der Waals surface area contributed by atoms with E-state index in [1.807, 2.05) is 16.8 Å². The van der Waals surface area contributed by atoms with Gasteiger partial charge in [-0.25, -0.2) is 8.42 Å². The van der Waals surface area contributed by atoms with Gasteiger partial charge in [0.05, 0.1) is 17.2 Å². The van der Waals surface area contributed by atoms with E-state index in [0.717, 1.165) is 11.8 Å². The first-order valence-corrected chi connectivity index (χ1v) is 15.8. The predicted molar refractivity (Wildman–Crippen MR) is 149 cm³/mol. The maximum atomic E-state index is 13.8. The van der Waals surface area contributed by atoms with E-state index in [1.54, 1.807) is 6.20 Å². The molecular formula is C24H29N4O6PS2. The third kappa shape index (κ3) is 5.82. The number of aromatic hydroxyl groups is 1. The summed E-state index contributed by atoms with van der Waals surface area (Å²) >= 11 is 1.45. The molecular weight excluding hydrogens is 535 g/mol. The standard InChI is InChI=1S/C24H29N4O6PS2/c1-24(2,3)9-10-28-13-17(15-8-11-36-14-15)21(29)20(23(28)30)22-25-18-7-6-16(27-37(5,32)33)12-19(18)35(31,26-22)34-4/h6-8,11-14,27,29H,9-10H2,1-5H3,(H,25,26,31). The van der Waals surface area contributed by atoms with Gasteiger partial charge in [0.1, 0.15) is 11.3 Å². The third-order valence-corrected chi connectivity index (χ3v) is 8.99. The van der Waals surface area contributed by atoms with Gasteiger partial charge in [0.15, 0.2) is 5.84 Å². The molecule has 4 rings (SSSR count). The molecule has 198 valence electrons. The monoisotopic (exact) mass is 564 g/mol. The molecule has 0 spiro atoms. The van der Waals surface area contributed by atoms with Gasteiger partial charge >= 0.3 is 7.52 Å². The average Bonchev–Trinajstić information content (AvgIpc) is 3.32. The molecule has 3 aromatic rings. The van der Waals surface area contributed by atoms with Gasteiger partial charge in [0.25, 0.3) is 5.56 Å². The van der Waals surface area contributed by atoms with Crippen molar-refractivity contribution in [2.24, 2.45) is 10.2 Å². The summed E-state index contributed by atoms with van der Waals surface area (Å²) < 4.78 is 50.6. The summed E-state index contributed by atoms with van der Waals surface area (Å²) in [7, 11) is -6.29. The number of benzene rings is 1. The molecule has 0 fully saturated rings. The summed E-state index contributed by atoms with van der Waals surface area (Å²) in [5.41, 5.74) is 1.02. The smallest absolute Gasteiger partial charge is 0.348 e. The molecule has 3 N–H and O–H groups in total. The number of hydrogen-bond acceptors (Lipinski definition) is 8. The number of hydrogen-bond donors (Lipinski definition) is 3. The number of aromatic nitrogens is 1. The quantitative estimate of drug-likeness (QED) is 0.361. The SMILES string of the molecule is COP1(=O)N=C(c2c(O)c(-c3ccsc3)cn(CCC(C)(C)C)c2=O)Nc2ccc(NS(C)(=O)=O)cc21. The maximum absolute atomic E-state index is 13.8. The number of rotatable bonds is 7. The molecule has 1 unspecified atom stereocenters. The first kappa shape index (κ1) is 27.1. The second-order valence-electron chi connectivity index (χ2n) is 9.97. The predicted octanol–water partition coefficient (Wildman–Crippen LogP) is 4.43. The van der Waals surface area contributed by atoms with Crippen molar-refractivity contribution in [2.45, 2.75) is 33.7 Å². The van der Waals surface area contributed by atoms with Crippen LogP contribution in [0.1, 0.15) is 32.8 Å².